The fourth-order valence-electron chi connectivity index (χ4n) is 3.54. The van der Waals surface area contributed by atoms with Crippen LogP contribution in [0.5, 0.6) is 0 Å². The van der Waals surface area contributed by atoms with Gasteiger partial charge in [-0.1, -0.05) is 13.8 Å². The Morgan fingerprint density at radius 3 is 2.96 bits per heavy atom. The van der Waals surface area contributed by atoms with Gasteiger partial charge in [-0.15, -0.1) is 10.2 Å². The summed E-state index contributed by atoms with van der Waals surface area (Å²) in [6.45, 7) is 9.25. The summed E-state index contributed by atoms with van der Waals surface area (Å²) in [6, 6.07) is 0.124. The van der Waals surface area contributed by atoms with Crippen LogP contribution in [0, 0.1) is 5.92 Å². The van der Waals surface area contributed by atoms with Crippen molar-refractivity contribution in [3.05, 3.63) is 23.3 Å². The van der Waals surface area contributed by atoms with Gasteiger partial charge in [0.1, 0.15) is 6.04 Å². The van der Waals surface area contributed by atoms with Gasteiger partial charge in [0.15, 0.2) is 5.82 Å². The smallest absolute Gasteiger partial charge is 0.238 e. The Morgan fingerprint density at radius 2 is 2.15 bits per heavy atom. The average molecular weight is 379 g/mol. The summed E-state index contributed by atoms with van der Waals surface area (Å²) in [5.41, 5.74) is 0.934. The van der Waals surface area contributed by atoms with E-state index in [0.717, 1.165) is 31.0 Å². The van der Waals surface area contributed by atoms with Gasteiger partial charge in [-0.25, -0.2) is 4.98 Å². The van der Waals surface area contributed by atoms with E-state index >= 15 is 0 Å². The topological polar surface area (TPSA) is 80.4 Å². The van der Waals surface area contributed by atoms with Crippen molar-refractivity contribution in [1.82, 2.24) is 20.2 Å². The van der Waals surface area contributed by atoms with Crippen LogP contribution in [0.15, 0.2) is 10.6 Å². The first-order valence-electron chi connectivity index (χ1n) is 8.98. The van der Waals surface area contributed by atoms with Crippen LogP contribution in [-0.2, 0) is 11.2 Å². The van der Waals surface area contributed by atoms with Gasteiger partial charge in [-0.3, -0.25) is 0 Å². The first-order valence-corrected chi connectivity index (χ1v) is 9.36. The Hall–Kier alpha value is -1.93. The number of fused-ring (bicyclic) bond motifs is 3. The van der Waals surface area contributed by atoms with Crippen LogP contribution < -0.4 is 9.80 Å². The second kappa shape index (κ2) is 7.00. The zero-order valence-electron chi connectivity index (χ0n) is 15.2. The van der Waals surface area contributed by atoms with Gasteiger partial charge in [0, 0.05) is 19.5 Å². The first kappa shape index (κ1) is 17.5. The molecule has 2 atom stereocenters. The molecule has 2 aliphatic heterocycles. The van der Waals surface area contributed by atoms with Crippen molar-refractivity contribution in [2.24, 2.45) is 5.92 Å². The van der Waals surface area contributed by atoms with Crippen molar-refractivity contribution >= 4 is 23.1 Å². The third-order valence-electron chi connectivity index (χ3n) is 4.83. The monoisotopic (exact) mass is 378 g/mol. The molecule has 4 rings (SSSR count). The van der Waals surface area contributed by atoms with E-state index in [4.69, 9.17) is 20.8 Å². The third-order valence-corrected chi connectivity index (χ3v) is 5.01. The molecule has 8 nitrogen and oxygen atoms in total. The molecule has 26 heavy (non-hydrogen) atoms. The van der Waals surface area contributed by atoms with Gasteiger partial charge in [0.05, 0.1) is 31.1 Å². The fourth-order valence-corrected chi connectivity index (χ4v) is 3.67. The fraction of sp³-hybridized carbons (Fsp3) is 0.647. The van der Waals surface area contributed by atoms with Crippen LogP contribution in [0.1, 0.15) is 38.6 Å². The van der Waals surface area contributed by atoms with E-state index in [9.17, 15) is 0 Å². The predicted molar refractivity (Wildman–Crippen MR) is 97.6 cm³/mol. The number of nitrogens with zero attached hydrogens (tertiary/aromatic N) is 6. The van der Waals surface area contributed by atoms with Crippen molar-refractivity contribution in [2.45, 2.75) is 39.3 Å². The summed E-state index contributed by atoms with van der Waals surface area (Å²) in [4.78, 5) is 13.1. The number of anilines is 2. The Balaban J connectivity index is 1.66. The predicted octanol–water partition coefficient (Wildman–Crippen LogP) is 2.50. The molecule has 2 aliphatic rings. The minimum Gasteiger partial charge on any atom is -0.423 e. The van der Waals surface area contributed by atoms with Crippen molar-refractivity contribution in [2.75, 3.05) is 36.1 Å². The molecular formula is C17H23ClN6O2. The van der Waals surface area contributed by atoms with E-state index in [0.29, 0.717) is 30.9 Å². The first-order chi connectivity index (χ1) is 12.5. The van der Waals surface area contributed by atoms with E-state index in [-0.39, 0.29) is 17.4 Å². The van der Waals surface area contributed by atoms with E-state index < -0.39 is 0 Å². The van der Waals surface area contributed by atoms with E-state index in [1.54, 1.807) is 6.20 Å². The molecule has 140 valence electrons. The molecule has 0 saturated carbocycles. The minimum atomic E-state index is -0.0870. The highest BCUT2D eigenvalue weighted by atomic mass is 35.5. The molecule has 4 heterocycles. The molecule has 2 aromatic rings. The average Bonchev–Trinajstić information content (AvgIpc) is 3.08. The Kier molecular flexibility index (Phi) is 4.71. The lowest BCUT2D eigenvalue weighted by Gasteiger charge is -2.46. The number of morpholine rings is 1. The largest absolute Gasteiger partial charge is 0.423 e. The molecule has 0 amide bonds. The van der Waals surface area contributed by atoms with E-state index in [1.165, 1.54) is 0 Å². The molecule has 0 bridgehead atoms. The van der Waals surface area contributed by atoms with Crippen LogP contribution in [0.25, 0.3) is 0 Å². The van der Waals surface area contributed by atoms with Gasteiger partial charge in [0.25, 0.3) is 0 Å². The van der Waals surface area contributed by atoms with E-state index in [2.05, 4.69) is 50.7 Å². The molecule has 1 saturated heterocycles. The lowest BCUT2D eigenvalue weighted by molar-refractivity contribution is 0.0928. The number of halogens is 1. The summed E-state index contributed by atoms with van der Waals surface area (Å²) in [5.74, 6) is 2.59. The number of hydrogen-bond acceptors (Lipinski definition) is 8. The van der Waals surface area contributed by atoms with Gasteiger partial charge >= 0.3 is 0 Å². The normalized spacial score (nSPS) is 20.9. The Labute approximate surface area is 157 Å². The highest BCUT2D eigenvalue weighted by Crippen LogP contribution is 2.39. The van der Waals surface area contributed by atoms with Crippen molar-refractivity contribution in [3.63, 3.8) is 0 Å². The quantitative estimate of drug-likeness (QED) is 0.751. The van der Waals surface area contributed by atoms with Gasteiger partial charge < -0.3 is 19.0 Å². The molecular weight excluding hydrogens is 356 g/mol. The van der Waals surface area contributed by atoms with Gasteiger partial charge in [-0.05, 0) is 24.4 Å². The van der Waals surface area contributed by atoms with Crippen LogP contribution in [0.2, 0.25) is 5.28 Å². The molecule has 9 heteroatoms. The highest BCUT2D eigenvalue weighted by Gasteiger charge is 2.37. The van der Waals surface area contributed by atoms with Crippen molar-refractivity contribution in [3.8, 4) is 0 Å². The van der Waals surface area contributed by atoms with Gasteiger partial charge in [-0.2, -0.15) is 4.98 Å². The summed E-state index contributed by atoms with van der Waals surface area (Å²) in [7, 11) is 0. The summed E-state index contributed by atoms with van der Waals surface area (Å²) >= 11 is 6.06. The summed E-state index contributed by atoms with van der Waals surface area (Å²) < 4.78 is 11.6. The number of ether oxygens (including phenoxy) is 1. The number of hydrogen-bond donors (Lipinski definition) is 0. The molecule has 1 unspecified atom stereocenters. The SMILES string of the molecule is CC(C)Cc1nnc(C(C)N2C[C@@H]3COCCN3c3nc(Cl)ncc32)o1. The van der Waals surface area contributed by atoms with Gasteiger partial charge in [0.2, 0.25) is 17.1 Å². The number of rotatable bonds is 4. The summed E-state index contributed by atoms with van der Waals surface area (Å²) in [5, 5.41) is 8.71. The molecule has 0 radical (unpaired) electrons. The van der Waals surface area contributed by atoms with Crippen LogP contribution >= 0.6 is 11.6 Å². The maximum Gasteiger partial charge on any atom is 0.238 e. The molecule has 2 aromatic heterocycles. The highest BCUT2D eigenvalue weighted by molar-refractivity contribution is 6.28. The van der Waals surface area contributed by atoms with Crippen LogP contribution in [-0.4, -0.2) is 52.5 Å². The second-order valence-corrected chi connectivity index (χ2v) is 7.57. The minimum absolute atomic E-state index is 0.0870. The van der Waals surface area contributed by atoms with Crippen LogP contribution in [0.4, 0.5) is 11.5 Å². The Bertz CT molecular complexity index is 782. The van der Waals surface area contributed by atoms with Crippen molar-refractivity contribution < 1.29 is 9.15 Å². The third kappa shape index (κ3) is 3.23. The van der Waals surface area contributed by atoms with E-state index in [1.807, 2.05) is 0 Å². The zero-order chi connectivity index (χ0) is 18.3. The maximum absolute atomic E-state index is 6.06. The lowest BCUT2D eigenvalue weighted by Crippen LogP contribution is -2.56. The molecule has 0 aromatic carbocycles. The maximum atomic E-state index is 6.06. The van der Waals surface area contributed by atoms with Crippen molar-refractivity contribution in [1.29, 1.82) is 0 Å². The summed E-state index contributed by atoms with van der Waals surface area (Å²) in [6.07, 6.45) is 2.55. The zero-order valence-corrected chi connectivity index (χ0v) is 16.0. The number of aromatic nitrogens is 4. The van der Waals surface area contributed by atoms with Crippen LogP contribution in [0.3, 0.4) is 0 Å². The molecule has 0 aliphatic carbocycles. The molecule has 0 N–H and O–H groups in total. The standard InChI is InChI=1S/C17H23ClN6O2/c1-10(2)6-14-21-22-16(26-14)11(3)24-8-12-9-25-5-4-23(12)15-13(24)7-19-17(18)20-15/h7,10-12H,4-6,8-9H2,1-3H3/t11?,12-/m1/s1. The second-order valence-electron chi connectivity index (χ2n) is 7.23. The molecule has 1 fully saturated rings. The Morgan fingerprint density at radius 1 is 1.31 bits per heavy atom. The lowest BCUT2D eigenvalue weighted by atomic mass is 10.1. The molecule has 0 spiro atoms.